The molecule has 3 heteroatoms. The zero-order valence-electron chi connectivity index (χ0n) is 10.4. The smallest absolute Gasteiger partial charge is 0.163 e. The van der Waals surface area contributed by atoms with E-state index < -0.39 is 0 Å². The molecule has 0 saturated heterocycles. The summed E-state index contributed by atoms with van der Waals surface area (Å²) in [7, 11) is 0. The number of rotatable bonds is 3. The summed E-state index contributed by atoms with van der Waals surface area (Å²) in [5, 5.41) is 3.30. The van der Waals surface area contributed by atoms with Crippen molar-refractivity contribution in [3.63, 3.8) is 0 Å². The third-order valence-corrected chi connectivity index (χ3v) is 3.54. The van der Waals surface area contributed by atoms with Gasteiger partial charge in [0, 0.05) is 30.1 Å². The van der Waals surface area contributed by atoms with Crippen molar-refractivity contribution in [3.8, 4) is 0 Å². The SMILES string of the molecule is O=C(CC1CNc2ccccc21)c1ccc(F)cc1. The quantitative estimate of drug-likeness (QED) is 0.849. The van der Waals surface area contributed by atoms with Crippen LogP contribution in [0, 0.1) is 5.82 Å². The molecule has 0 amide bonds. The average molecular weight is 255 g/mol. The molecule has 96 valence electrons. The number of para-hydroxylation sites is 1. The van der Waals surface area contributed by atoms with Crippen molar-refractivity contribution in [3.05, 3.63) is 65.5 Å². The standard InChI is InChI=1S/C16H14FNO/c17-13-7-5-11(6-8-13)16(19)9-12-10-18-15-4-2-1-3-14(12)15/h1-8,12,18H,9-10H2. The molecule has 1 aliphatic heterocycles. The van der Waals surface area contributed by atoms with Crippen LogP contribution in [0.15, 0.2) is 48.5 Å². The third-order valence-electron chi connectivity index (χ3n) is 3.54. The van der Waals surface area contributed by atoms with Crippen LogP contribution in [0.3, 0.4) is 0 Å². The van der Waals surface area contributed by atoms with E-state index in [0.717, 1.165) is 12.2 Å². The summed E-state index contributed by atoms with van der Waals surface area (Å²) < 4.78 is 12.8. The van der Waals surface area contributed by atoms with Crippen LogP contribution in [-0.2, 0) is 0 Å². The van der Waals surface area contributed by atoms with Crippen LogP contribution in [0.4, 0.5) is 10.1 Å². The van der Waals surface area contributed by atoms with E-state index in [-0.39, 0.29) is 17.5 Å². The number of carbonyl (C=O) groups is 1. The molecule has 1 unspecified atom stereocenters. The van der Waals surface area contributed by atoms with Crippen molar-refractivity contribution in [2.45, 2.75) is 12.3 Å². The molecule has 1 atom stereocenters. The Hall–Kier alpha value is -2.16. The van der Waals surface area contributed by atoms with Gasteiger partial charge in [-0.1, -0.05) is 18.2 Å². The fraction of sp³-hybridized carbons (Fsp3) is 0.188. The van der Waals surface area contributed by atoms with Crippen molar-refractivity contribution < 1.29 is 9.18 Å². The highest BCUT2D eigenvalue weighted by atomic mass is 19.1. The maximum atomic E-state index is 12.8. The summed E-state index contributed by atoms with van der Waals surface area (Å²) in [5.74, 6) is -0.0540. The molecule has 3 rings (SSSR count). The third kappa shape index (κ3) is 2.36. The predicted molar refractivity (Wildman–Crippen MR) is 73.0 cm³/mol. The van der Waals surface area contributed by atoms with E-state index in [1.54, 1.807) is 12.1 Å². The number of hydrogen-bond acceptors (Lipinski definition) is 2. The molecular formula is C16H14FNO. The highest BCUT2D eigenvalue weighted by Gasteiger charge is 2.24. The minimum atomic E-state index is -0.315. The van der Waals surface area contributed by atoms with Crippen LogP contribution in [-0.4, -0.2) is 12.3 Å². The molecule has 1 N–H and O–H groups in total. The largest absolute Gasteiger partial charge is 0.384 e. The minimum Gasteiger partial charge on any atom is -0.384 e. The maximum Gasteiger partial charge on any atom is 0.163 e. The topological polar surface area (TPSA) is 29.1 Å². The van der Waals surface area contributed by atoms with Gasteiger partial charge in [0.15, 0.2) is 5.78 Å². The lowest BCUT2D eigenvalue weighted by molar-refractivity contribution is 0.0975. The second-order valence-corrected chi connectivity index (χ2v) is 4.80. The molecule has 0 spiro atoms. The molecule has 0 radical (unpaired) electrons. The number of Topliss-reactive ketones (excluding diaryl/α,β-unsaturated/α-hetero) is 1. The number of anilines is 1. The van der Waals surface area contributed by atoms with Gasteiger partial charge in [-0.2, -0.15) is 0 Å². The fourth-order valence-corrected chi connectivity index (χ4v) is 2.52. The normalized spacial score (nSPS) is 16.8. The molecule has 0 aromatic heterocycles. The molecule has 0 fully saturated rings. The van der Waals surface area contributed by atoms with Crippen LogP contribution < -0.4 is 5.32 Å². The van der Waals surface area contributed by atoms with Crippen LogP contribution in [0.5, 0.6) is 0 Å². The lowest BCUT2D eigenvalue weighted by Gasteiger charge is -2.09. The van der Waals surface area contributed by atoms with E-state index in [9.17, 15) is 9.18 Å². The molecule has 1 aliphatic rings. The minimum absolute atomic E-state index is 0.0588. The first-order chi connectivity index (χ1) is 9.24. The van der Waals surface area contributed by atoms with Gasteiger partial charge < -0.3 is 5.32 Å². The van der Waals surface area contributed by atoms with E-state index in [0.29, 0.717) is 12.0 Å². The van der Waals surface area contributed by atoms with Gasteiger partial charge in [-0.25, -0.2) is 4.39 Å². The number of ketones is 1. The Morgan fingerprint density at radius 1 is 1.16 bits per heavy atom. The first-order valence-electron chi connectivity index (χ1n) is 6.35. The summed E-state index contributed by atoms with van der Waals surface area (Å²) in [5.41, 5.74) is 2.88. The van der Waals surface area contributed by atoms with E-state index in [2.05, 4.69) is 11.4 Å². The van der Waals surface area contributed by atoms with Crippen molar-refractivity contribution in [2.75, 3.05) is 11.9 Å². The van der Waals surface area contributed by atoms with E-state index in [4.69, 9.17) is 0 Å². The van der Waals surface area contributed by atoms with Crippen LogP contribution in [0.1, 0.15) is 28.3 Å². The van der Waals surface area contributed by atoms with Gasteiger partial charge in [0.1, 0.15) is 5.82 Å². The zero-order valence-corrected chi connectivity index (χ0v) is 10.4. The van der Waals surface area contributed by atoms with Gasteiger partial charge in [0.2, 0.25) is 0 Å². The average Bonchev–Trinajstić information content (AvgIpc) is 2.83. The molecule has 2 aromatic carbocycles. The van der Waals surface area contributed by atoms with Gasteiger partial charge in [-0.15, -0.1) is 0 Å². The summed E-state index contributed by atoms with van der Waals surface area (Å²) in [6, 6.07) is 13.8. The molecular weight excluding hydrogens is 241 g/mol. The zero-order chi connectivity index (χ0) is 13.2. The lowest BCUT2D eigenvalue weighted by Crippen LogP contribution is -2.09. The van der Waals surface area contributed by atoms with E-state index >= 15 is 0 Å². The van der Waals surface area contributed by atoms with Crippen molar-refractivity contribution in [2.24, 2.45) is 0 Å². The van der Waals surface area contributed by atoms with Crippen molar-refractivity contribution >= 4 is 11.5 Å². The van der Waals surface area contributed by atoms with E-state index in [1.807, 2.05) is 18.2 Å². The first kappa shape index (κ1) is 11.9. The van der Waals surface area contributed by atoms with Crippen LogP contribution in [0.25, 0.3) is 0 Å². The van der Waals surface area contributed by atoms with Gasteiger partial charge in [-0.3, -0.25) is 4.79 Å². The van der Waals surface area contributed by atoms with Gasteiger partial charge in [0.25, 0.3) is 0 Å². The summed E-state index contributed by atoms with van der Waals surface area (Å²) >= 11 is 0. The van der Waals surface area contributed by atoms with Crippen LogP contribution in [0.2, 0.25) is 0 Å². The summed E-state index contributed by atoms with van der Waals surface area (Å²) in [6.45, 7) is 0.784. The molecule has 19 heavy (non-hydrogen) atoms. The molecule has 2 aromatic rings. The number of carbonyl (C=O) groups excluding carboxylic acids is 1. The Labute approximate surface area is 111 Å². The highest BCUT2D eigenvalue weighted by Crippen LogP contribution is 2.33. The fourth-order valence-electron chi connectivity index (χ4n) is 2.52. The molecule has 0 aliphatic carbocycles. The first-order valence-corrected chi connectivity index (χ1v) is 6.35. The number of nitrogens with one attached hydrogen (secondary N) is 1. The van der Waals surface area contributed by atoms with Gasteiger partial charge in [0.05, 0.1) is 0 Å². The molecule has 0 saturated carbocycles. The van der Waals surface area contributed by atoms with Crippen molar-refractivity contribution in [1.82, 2.24) is 0 Å². The number of fused-ring (bicyclic) bond motifs is 1. The number of hydrogen-bond donors (Lipinski definition) is 1. The maximum absolute atomic E-state index is 12.8. The summed E-state index contributed by atoms with van der Waals surface area (Å²) in [6.07, 6.45) is 0.454. The number of halogens is 1. The Bertz CT molecular complexity index is 606. The predicted octanol–water partition coefficient (Wildman–Crippen LogP) is 3.61. The highest BCUT2D eigenvalue weighted by molar-refractivity contribution is 5.96. The Morgan fingerprint density at radius 2 is 1.89 bits per heavy atom. The van der Waals surface area contributed by atoms with Crippen molar-refractivity contribution in [1.29, 1.82) is 0 Å². The Morgan fingerprint density at radius 3 is 2.68 bits per heavy atom. The lowest BCUT2D eigenvalue weighted by atomic mass is 9.93. The Balaban J connectivity index is 1.76. The van der Waals surface area contributed by atoms with Gasteiger partial charge >= 0.3 is 0 Å². The van der Waals surface area contributed by atoms with Gasteiger partial charge in [-0.05, 0) is 35.9 Å². The van der Waals surface area contributed by atoms with Crippen LogP contribution >= 0.6 is 0 Å². The van der Waals surface area contributed by atoms with E-state index in [1.165, 1.54) is 17.7 Å². The summed E-state index contributed by atoms with van der Waals surface area (Å²) in [4.78, 5) is 12.2. The second-order valence-electron chi connectivity index (χ2n) is 4.80. The molecule has 1 heterocycles. The number of benzene rings is 2. The Kier molecular flexibility index (Phi) is 3.03. The second kappa shape index (κ2) is 4.84. The molecule has 0 bridgehead atoms. The molecule has 2 nitrogen and oxygen atoms in total. The monoisotopic (exact) mass is 255 g/mol.